The molecule has 0 bridgehead atoms. The van der Waals surface area contributed by atoms with Crippen molar-refractivity contribution < 1.29 is 4.74 Å². The number of nitrogens with zero attached hydrogens (tertiary/aromatic N) is 6. The number of aryl methyl sites for hydroxylation is 2. The lowest BCUT2D eigenvalue weighted by Crippen LogP contribution is -3.07. The van der Waals surface area contributed by atoms with E-state index in [1.807, 2.05) is 33.3 Å². The van der Waals surface area contributed by atoms with Gasteiger partial charge in [-0.15, -0.1) is 0 Å². The highest BCUT2D eigenvalue weighted by Gasteiger charge is 3.05. The van der Waals surface area contributed by atoms with E-state index >= 15 is 0 Å². The van der Waals surface area contributed by atoms with Gasteiger partial charge in [-0.3, -0.25) is 4.79 Å². The fraction of sp³-hybridized carbons (Fsp3) is 0.607. The van der Waals surface area contributed by atoms with E-state index in [1.165, 1.54) is 5.69 Å². The number of hydrogen-bond donors (Lipinski definition) is 0. The lowest BCUT2D eigenvalue weighted by Gasteiger charge is -3.07. The molecule has 7 fully saturated rings. The molecule has 2 unspecified atom stereocenters. The van der Waals surface area contributed by atoms with Crippen LogP contribution in [-0.4, -0.2) is 45.3 Å². The monoisotopic (exact) mass is 482 g/mol. The van der Waals surface area contributed by atoms with Gasteiger partial charge >= 0.3 is 0 Å². The Balaban J connectivity index is 1.12. The van der Waals surface area contributed by atoms with Gasteiger partial charge in [0.15, 0.2) is 5.65 Å². The van der Waals surface area contributed by atoms with Gasteiger partial charge in [-0.25, -0.2) is 24.6 Å². The van der Waals surface area contributed by atoms with Crippen molar-refractivity contribution >= 4 is 11.2 Å². The number of fused-ring (bicyclic) bond motifs is 1. The minimum atomic E-state index is -0.0903. The maximum absolute atomic E-state index is 12.3. The van der Waals surface area contributed by atoms with Crippen molar-refractivity contribution in [3.63, 3.8) is 0 Å². The third kappa shape index (κ3) is 1.96. The molecule has 0 spiro atoms. The van der Waals surface area contributed by atoms with Crippen LogP contribution in [-0.2, 0) is 10.2 Å². The van der Waals surface area contributed by atoms with Crippen LogP contribution < -0.4 is 10.6 Å². The van der Waals surface area contributed by atoms with Gasteiger partial charge in [0.05, 0.1) is 23.2 Å². The van der Waals surface area contributed by atoms with Crippen molar-refractivity contribution in [2.75, 3.05) is 25.7 Å². The van der Waals surface area contributed by atoms with Crippen LogP contribution >= 0.6 is 0 Å². The molecule has 8 heteroatoms. The van der Waals surface area contributed by atoms with Crippen molar-refractivity contribution in [1.29, 1.82) is 0 Å². The molecule has 7 aliphatic rings. The zero-order valence-electron chi connectivity index (χ0n) is 21.0. The second-order valence-electron chi connectivity index (χ2n) is 12.4. The van der Waals surface area contributed by atoms with Crippen molar-refractivity contribution in [3.8, 4) is 0 Å². The first kappa shape index (κ1) is 20.2. The smallest absolute Gasteiger partial charge is 0.268 e. The second kappa shape index (κ2) is 6.15. The third-order valence-corrected chi connectivity index (χ3v) is 11.2. The molecule has 0 radical (unpaired) electrons. The zero-order valence-corrected chi connectivity index (χ0v) is 21.0. The molecule has 36 heavy (non-hydrogen) atoms. The maximum atomic E-state index is 12.3. The lowest BCUT2D eigenvalue weighted by atomic mass is 8.96. The van der Waals surface area contributed by atoms with Gasteiger partial charge in [0.1, 0.15) is 11.3 Å². The Hall–Kier alpha value is -2.87. The quantitative estimate of drug-likeness (QED) is 0.565. The van der Waals surface area contributed by atoms with E-state index in [0.717, 1.165) is 88.2 Å². The Bertz CT molecular complexity index is 1510. The number of rotatable bonds is 4. The molecule has 2 atom stereocenters. The third-order valence-electron chi connectivity index (χ3n) is 11.2. The minimum Gasteiger partial charge on any atom is -0.373 e. The summed E-state index contributed by atoms with van der Waals surface area (Å²) in [5.41, 5.74) is 6.15. The van der Waals surface area contributed by atoms with Gasteiger partial charge in [-0.1, -0.05) is 0 Å². The average Bonchev–Trinajstić information content (AvgIpc) is 2.89. The molecule has 6 aliphatic carbocycles. The fourth-order valence-corrected chi connectivity index (χ4v) is 9.78. The Kier molecular flexibility index (Phi) is 3.46. The van der Waals surface area contributed by atoms with Crippen LogP contribution in [0, 0.1) is 55.3 Å². The van der Waals surface area contributed by atoms with Gasteiger partial charge in [0.2, 0.25) is 0 Å². The summed E-state index contributed by atoms with van der Waals surface area (Å²) in [6, 6.07) is 3.52. The summed E-state index contributed by atoms with van der Waals surface area (Å²) in [6.07, 6.45) is 3.50. The Morgan fingerprint density at radius 1 is 0.972 bits per heavy atom. The van der Waals surface area contributed by atoms with Gasteiger partial charge in [-0.05, 0) is 79.7 Å². The van der Waals surface area contributed by atoms with E-state index in [9.17, 15) is 4.79 Å². The highest BCUT2D eigenvalue weighted by Crippen LogP contribution is 3.05. The summed E-state index contributed by atoms with van der Waals surface area (Å²) in [5, 5.41) is 1.79. The van der Waals surface area contributed by atoms with Crippen molar-refractivity contribution in [2.24, 2.45) is 41.4 Å². The standard InChI is InChI=1S/C28H30N6O2/c1-11-12(2)30-27-24(29-11)25(28-21-18-17-19(21)23(28)20(17)22(18)28)31-26(32-27)13-7-8-36-15(9-13)14-5-6-16(35)34(10-14)33(3)4/h5-6,10,13,15,17-23H,7-9H2,1-4H3. The fourth-order valence-electron chi connectivity index (χ4n) is 9.78. The van der Waals surface area contributed by atoms with E-state index in [2.05, 4.69) is 6.92 Å². The van der Waals surface area contributed by atoms with Gasteiger partial charge < -0.3 is 9.75 Å². The normalized spacial score (nSPS) is 41.9. The van der Waals surface area contributed by atoms with Crippen molar-refractivity contribution in [3.05, 3.63) is 57.2 Å². The van der Waals surface area contributed by atoms with Crippen molar-refractivity contribution in [1.82, 2.24) is 24.6 Å². The highest BCUT2D eigenvalue weighted by molar-refractivity contribution is 5.78. The number of ether oxygens (including phenoxy) is 1. The number of aromatic nitrogens is 5. The Labute approximate surface area is 209 Å². The minimum absolute atomic E-state index is 0.0451. The van der Waals surface area contributed by atoms with Crippen LogP contribution in [0.3, 0.4) is 0 Å². The zero-order chi connectivity index (χ0) is 24.2. The molecule has 4 heterocycles. The van der Waals surface area contributed by atoms with E-state index < -0.39 is 0 Å². The summed E-state index contributed by atoms with van der Waals surface area (Å²) in [7, 11) is 3.74. The maximum Gasteiger partial charge on any atom is 0.268 e. The van der Waals surface area contributed by atoms with E-state index in [1.54, 1.807) is 15.8 Å². The molecule has 1 aliphatic heterocycles. The number of pyridine rings is 1. The topological polar surface area (TPSA) is 86.0 Å². The molecule has 6 saturated carbocycles. The molecule has 0 amide bonds. The molecule has 0 N–H and O–H groups in total. The Morgan fingerprint density at radius 2 is 1.69 bits per heavy atom. The van der Waals surface area contributed by atoms with E-state index in [4.69, 9.17) is 24.7 Å². The predicted molar refractivity (Wildman–Crippen MR) is 132 cm³/mol. The predicted octanol–water partition coefficient (Wildman–Crippen LogP) is 2.65. The van der Waals surface area contributed by atoms with Crippen LogP contribution in [0.2, 0.25) is 0 Å². The second-order valence-corrected chi connectivity index (χ2v) is 12.4. The van der Waals surface area contributed by atoms with Gasteiger partial charge in [0.25, 0.3) is 5.56 Å². The molecule has 1 saturated heterocycles. The summed E-state index contributed by atoms with van der Waals surface area (Å²) < 4.78 is 7.83. The SMILES string of the molecule is Cc1nc2nc(C3CCOC(c4ccc(=O)n(N(C)C)c4)C3)nc(C34C5C6C7C5C3C7C64)c2nc1C. The molecule has 10 rings (SSSR count). The first-order valence-electron chi connectivity index (χ1n) is 13.5. The molecule has 184 valence electrons. The van der Waals surface area contributed by atoms with E-state index in [0.29, 0.717) is 6.61 Å². The van der Waals surface area contributed by atoms with Gasteiger partial charge in [-0.2, -0.15) is 0 Å². The average molecular weight is 483 g/mol. The van der Waals surface area contributed by atoms with E-state index in [-0.39, 0.29) is 23.0 Å². The Morgan fingerprint density at radius 3 is 2.42 bits per heavy atom. The number of hydrogen-bond acceptors (Lipinski definition) is 7. The van der Waals surface area contributed by atoms with Gasteiger partial charge in [0, 0.05) is 44.3 Å². The first-order chi connectivity index (χ1) is 17.4. The van der Waals surface area contributed by atoms with Crippen LogP contribution in [0.4, 0.5) is 0 Å². The molecule has 0 aromatic carbocycles. The summed E-state index contributed by atoms with van der Waals surface area (Å²) in [6.45, 7) is 4.73. The summed E-state index contributed by atoms with van der Waals surface area (Å²) >= 11 is 0. The van der Waals surface area contributed by atoms with Crippen LogP contribution in [0.1, 0.15) is 53.3 Å². The van der Waals surface area contributed by atoms with Crippen molar-refractivity contribution in [2.45, 2.75) is 44.1 Å². The first-order valence-corrected chi connectivity index (χ1v) is 13.5. The molecule has 8 nitrogen and oxygen atoms in total. The summed E-state index contributed by atoms with van der Waals surface area (Å²) in [4.78, 5) is 32.6. The molecule has 3 aromatic heterocycles. The largest absolute Gasteiger partial charge is 0.373 e. The molecular weight excluding hydrogens is 452 g/mol. The highest BCUT2D eigenvalue weighted by atomic mass is 16.5. The summed E-state index contributed by atoms with van der Waals surface area (Å²) in [5.74, 6) is 7.69. The lowest BCUT2D eigenvalue weighted by molar-refractivity contribution is -0.582. The molecule has 3 aromatic rings. The van der Waals surface area contributed by atoms with Crippen LogP contribution in [0.5, 0.6) is 0 Å². The van der Waals surface area contributed by atoms with Crippen LogP contribution in [0.25, 0.3) is 11.2 Å². The van der Waals surface area contributed by atoms with Crippen LogP contribution in [0.15, 0.2) is 23.1 Å². The molecular formula is C28H30N6O2.